The second-order valence-corrected chi connectivity index (χ2v) is 6.37. The van der Waals surface area contributed by atoms with Gasteiger partial charge in [-0.05, 0) is 39.0 Å². The number of amides is 1. The van der Waals surface area contributed by atoms with Crippen LogP contribution in [0.4, 0.5) is 5.82 Å². The molecule has 0 unspecified atom stereocenters. The molecule has 1 heterocycles. The van der Waals surface area contributed by atoms with Gasteiger partial charge in [0.05, 0.1) is 6.20 Å². The van der Waals surface area contributed by atoms with Crippen molar-refractivity contribution in [3.8, 4) is 5.75 Å². The lowest BCUT2D eigenvalue weighted by Gasteiger charge is -2.16. The molecular formula is C16H18BrN3O4. The third-order valence-corrected chi connectivity index (χ3v) is 3.74. The molecule has 7 nitrogen and oxygen atoms in total. The molecule has 1 aromatic heterocycles. The number of esters is 1. The Morgan fingerprint density at radius 3 is 2.67 bits per heavy atom. The van der Waals surface area contributed by atoms with Crippen molar-refractivity contribution in [3.63, 3.8) is 0 Å². The maximum atomic E-state index is 12.2. The number of aromatic nitrogens is 2. The van der Waals surface area contributed by atoms with Gasteiger partial charge >= 0.3 is 5.97 Å². The molecular weight excluding hydrogens is 378 g/mol. The van der Waals surface area contributed by atoms with E-state index in [-0.39, 0.29) is 17.4 Å². The minimum Gasteiger partial charge on any atom is -0.507 e. The Morgan fingerprint density at radius 2 is 2.00 bits per heavy atom. The second kappa shape index (κ2) is 7.48. The lowest BCUT2D eigenvalue weighted by atomic mass is 10.2. The summed E-state index contributed by atoms with van der Waals surface area (Å²) < 4.78 is 7.38. The van der Waals surface area contributed by atoms with E-state index in [9.17, 15) is 14.7 Å². The number of nitrogens with zero attached hydrogens (tertiary/aromatic N) is 2. The van der Waals surface area contributed by atoms with E-state index >= 15 is 0 Å². The van der Waals surface area contributed by atoms with E-state index in [0.717, 1.165) is 0 Å². The minimum atomic E-state index is -1.04. The molecule has 128 valence electrons. The van der Waals surface area contributed by atoms with Crippen molar-refractivity contribution in [1.29, 1.82) is 0 Å². The number of hydrogen-bond acceptors (Lipinski definition) is 5. The molecule has 0 fully saturated rings. The largest absolute Gasteiger partial charge is 0.507 e. The number of hydrogen-bond donors (Lipinski definition) is 2. The smallest absolute Gasteiger partial charge is 0.342 e. The molecule has 0 aliphatic carbocycles. The molecule has 0 aliphatic rings. The maximum Gasteiger partial charge on any atom is 0.342 e. The van der Waals surface area contributed by atoms with Crippen molar-refractivity contribution in [3.05, 3.63) is 40.5 Å². The van der Waals surface area contributed by atoms with Gasteiger partial charge in [-0.25, -0.2) is 9.48 Å². The maximum absolute atomic E-state index is 12.2. The summed E-state index contributed by atoms with van der Waals surface area (Å²) in [6.45, 7) is 5.32. The average Bonchev–Trinajstić information content (AvgIpc) is 2.97. The summed E-state index contributed by atoms with van der Waals surface area (Å²) in [6.07, 6.45) is 0.539. The van der Waals surface area contributed by atoms with Crippen LogP contribution in [-0.2, 0) is 9.53 Å². The molecule has 2 aromatic rings. The molecule has 0 saturated heterocycles. The Labute approximate surface area is 147 Å². The summed E-state index contributed by atoms with van der Waals surface area (Å²) >= 11 is 3.21. The number of ether oxygens (including phenoxy) is 1. The number of phenolic OH excluding ortho intramolecular Hbond substituents is 1. The number of rotatable bonds is 5. The van der Waals surface area contributed by atoms with Crippen LogP contribution >= 0.6 is 15.9 Å². The Bertz CT molecular complexity index is 758. The molecule has 2 N–H and O–H groups in total. The molecule has 0 saturated carbocycles. The first-order chi connectivity index (χ1) is 11.3. The Balaban J connectivity index is 2.04. The third-order valence-electron chi connectivity index (χ3n) is 3.24. The van der Waals surface area contributed by atoms with Crippen LogP contribution in [0.1, 0.15) is 37.2 Å². The summed E-state index contributed by atoms with van der Waals surface area (Å²) in [5.74, 6) is -0.967. The number of carbonyl (C=O) groups excluding carboxylic acids is 2. The predicted octanol–water partition coefficient (Wildman–Crippen LogP) is 3.12. The highest BCUT2D eigenvalue weighted by Crippen LogP contribution is 2.23. The van der Waals surface area contributed by atoms with Gasteiger partial charge in [-0.15, -0.1) is 0 Å². The van der Waals surface area contributed by atoms with E-state index in [1.165, 1.54) is 19.1 Å². The fourth-order valence-electron chi connectivity index (χ4n) is 2.00. The second-order valence-electron chi connectivity index (χ2n) is 5.45. The van der Waals surface area contributed by atoms with Gasteiger partial charge in [-0.1, -0.05) is 15.9 Å². The predicted molar refractivity (Wildman–Crippen MR) is 91.9 cm³/mol. The number of halogens is 1. The van der Waals surface area contributed by atoms with E-state index in [1.807, 2.05) is 13.8 Å². The normalized spacial score (nSPS) is 12.0. The van der Waals surface area contributed by atoms with Gasteiger partial charge in [0, 0.05) is 16.6 Å². The number of phenols is 1. The van der Waals surface area contributed by atoms with Gasteiger partial charge in [0.15, 0.2) is 6.10 Å². The summed E-state index contributed by atoms with van der Waals surface area (Å²) in [6, 6.07) is 6.12. The fraction of sp³-hybridized carbons (Fsp3) is 0.312. The van der Waals surface area contributed by atoms with Gasteiger partial charge in [0.25, 0.3) is 5.91 Å². The monoisotopic (exact) mass is 395 g/mol. The molecule has 1 aromatic carbocycles. The average molecular weight is 396 g/mol. The molecule has 0 aliphatic heterocycles. The Kier molecular flexibility index (Phi) is 5.61. The van der Waals surface area contributed by atoms with Crippen molar-refractivity contribution < 1.29 is 19.4 Å². The topological polar surface area (TPSA) is 93.5 Å². The van der Waals surface area contributed by atoms with Gasteiger partial charge in [0.1, 0.15) is 17.1 Å². The van der Waals surface area contributed by atoms with Crippen LogP contribution in [0.25, 0.3) is 0 Å². The Morgan fingerprint density at radius 1 is 1.29 bits per heavy atom. The lowest BCUT2D eigenvalue weighted by Crippen LogP contribution is -2.31. The van der Waals surface area contributed by atoms with E-state index < -0.39 is 18.0 Å². The number of benzene rings is 1. The molecule has 2 rings (SSSR count). The van der Waals surface area contributed by atoms with Gasteiger partial charge < -0.3 is 15.2 Å². The van der Waals surface area contributed by atoms with Crippen molar-refractivity contribution in [2.24, 2.45) is 0 Å². The zero-order chi connectivity index (χ0) is 17.9. The zero-order valence-electron chi connectivity index (χ0n) is 13.5. The summed E-state index contributed by atoms with van der Waals surface area (Å²) in [5, 5.41) is 16.5. The van der Waals surface area contributed by atoms with E-state index in [2.05, 4.69) is 26.3 Å². The van der Waals surface area contributed by atoms with Crippen LogP contribution in [0.3, 0.4) is 0 Å². The van der Waals surface area contributed by atoms with Crippen LogP contribution in [-0.4, -0.2) is 32.9 Å². The minimum absolute atomic E-state index is 0.0174. The lowest BCUT2D eigenvalue weighted by molar-refractivity contribution is -0.123. The zero-order valence-corrected chi connectivity index (χ0v) is 15.1. The number of nitrogens with one attached hydrogen (secondary N) is 1. The first-order valence-corrected chi connectivity index (χ1v) is 8.12. The van der Waals surface area contributed by atoms with Crippen LogP contribution in [0.5, 0.6) is 5.75 Å². The van der Waals surface area contributed by atoms with Crippen LogP contribution in [0.15, 0.2) is 34.9 Å². The summed E-state index contributed by atoms with van der Waals surface area (Å²) in [4.78, 5) is 24.3. The van der Waals surface area contributed by atoms with E-state index in [4.69, 9.17) is 4.74 Å². The molecule has 0 radical (unpaired) electrons. The van der Waals surface area contributed by atoms with E-state index in [0.29, 0.717) is 10.3 Å². The SMILES string of the molecule is CC(C)n1nccc1NC(=O)[C@H](C)OC(=O)c1cc(Br)ccc1O. The van der Waals surface area contributed by atoms with Gasteiger partial charge in [-0.3, -0.25) is 4.79 Å². The van der Waals surface area contributed by atoms with E-state index in [1.54, 1.807) is 23.0 Å². The first-order valence-electron chi connectivity index (χ1n) is 7.33. The van der Waals surface area contributed by atoms with Crippen LogP contribution in [0.2, 0.25) is 0 Å². The molecule has 1 atom stereocenters. The van der Waals surface area contributed by atoms with Crippen LogP contribution in [0, 0.1) is 0 Å². The van der Waals surface area contributed by atoms with Crippen LogP contribution < -0.4 is 5.32 Å². The standard InChI is InChI=1S/C16H18BrN3O4/c1-9(2)20-14(6-7-18-20)19-15(22)10(3)24-16(23)12-8-11(17)4-5-13(12)21/h4-10,21H,1-3H3,(H,19,22)/t10-/m0/s1. The summed E-state index contributed by atoms with van der Waals surface area (Å²) in [7, 11) is 0. The number of carbonyl (C=O) groups is 2. The third kappa shape index (κ3) is 4.14. The van der Waals surface area contributed by atoms with Crippen molar-refractivity contribution >= 4 is 33.6 Å². The highest BCUT2D eigenvalue weighted by atomic mass is 79.9. The molecule has 1 amide bonds. The highest BCUT2D eigenvalue weighted by Gasteiger charge is 2.22. The highest BCUT2D eigenvalue weighted by molar-refractivity contribution is 9.10. The first kappa shape index (κ1) is 18.0. The van der Waals surface area contributed by atoms with Crippen molar-refractivity contribution in [1.82, 2.24) is 9.78 Å². The van der Waals surface area contributed by atoms with Crippen molar-refractivity contribution in [2.45, 2.75) is 32.9 Å². The molecule has 0 bridgehead atoms. The number of anilines is 1. The molecule has 24 heavy (non-hydrogen) atoms. The molecule has 8 heteroatoms. The summed E-state index contributed by atoms with van der Waals surface area (Å²) in [5.41, 5.74) is -0.0174. The fourth-order valence-corrected chi connectivity index (χ4v) is 2.36. The van der Waals surface area contributed by atoms with Gasteiger partial charge in [-0.2, -0.15) is 5.10 Å². The quantitative estimate of drug-likeness (QED) is 0.758. The number of aromatic hydroxyl groups is 1. The van der Waals surface area contributed by atoms with Crippen molar-refractivity contribution in [2.75, 3.05) is 5.32 Å². The Hall–Kier alpha value is -2.35. The molecule has 0 spiro atoms. The van der Waals surface area contributed by atoms with Gasteiger partial charge in [0.2, 0.25) is 0 Å².